The topological polar surface area (TPSA) is 34.1 Å². The summed E-state index contributed by atoms with van der Waals surface area (Å²) < 4.78 is 58.9. The van der Waals surface area contributed by atoms with E-state index in [4.69, 9.17) is 10.7 Å². The van der Waals surface area contributed by atoms with Crippen molar-refractivity contribution in [2.75, 3.05) is 0 Å². The van der Waals surface area contributed by atoms with Gasteiger partial charge in [-0.1, -0.05) is 12.1 Å². The second kappa shape index (κ2) is 4.25. The van der Waals surface area contributed by atoms with E-state index in [0.29, 0.717) is 0 Å². The highest BCUT2D eigenvalue weighted by molar-refractivity contribution is 8.13. The first-order valence-corrected chi connectivity index (χ1v) is 6.66. The molecule has 0 saturated carbocycles. The first kappa shape index (κ1) is 13.3. The summed E-state index contributed by atoms with van der Waals surface area (Å²) in [5.74, 6) is -0.613. The highest BCUT2D eigenvalue weighted by atomic mass is 35.7. The van der Waals surface area contributed by atoms with Crippen molar-refractivity contribution < 1.29 is 21.6 Å². The van der Waals surface area contributed by atoms with E-state index in [9.17, 15) is 21.6 Å². The first-order valence-electron chi connectivity index (χ1n) is 4.18. The van der Waals surface area contributed by atoms with Crippen molar-refractivity contribution in [3.05, 3.63) is 34.9 Å². The van der Waals surface area contributed by atoms with Crippen molar-refractivity contribution in [3.8, 4) is 0 Å². The summed E-state index contributed by atoms with van der Waals surface area (Å²) in [5, 5.41) is 0. The number of alkyl halides is 3. The van der Waals surface area contributed by atoms with Crippen LogP contribution in [0, 0.1) is 6.92 Å². The SMILES string of the molecule is Cc1ccc(CS(=O)(=O)Cl)cc1C(F)(F)F. The van der Waals surface area contributed by atoms with Crippen LogP contribution in [0.5, 0.6) is 0 Å². The molecule has 0 N–H and O–H groups in total. The predicted octanol–water partition coefficient (Wildman–Crippen LogP) is 3.08. The van der Waals surface area contributed by atoms with Crippen molar-refractivity contribution >= 4 is 19.7 Å². The van der Waals surface area contributed by atoms with E-state index in [1.165, 1.54) is 19.1 Å². The Morgan fingerprint density at radius 2 is 1.88 bits per heavy atom. The number of aryl methyl sites for hydroxylation is 1. The zero-order valence-electron chi connectivity index (χ0n) is 8.18. The third-order valence-electron chi connectivity index (χ3n) is 1.95. The minimum absolute atomic E-state index is 0.0212. The zero-order valence-corrected chi connectivity index (χ0v) is 9.75. The monoisotopic (exact) mass is 272 g/mol. The van der Waals surface area contributed by atoms with E-state index in [1.54, 1.807) is 0 Å². The summed E-state index contributed by atoms with van der Waals surface area (Å²) in [7, 11) is 1.12. The molecule has 0 bridgehead atoms. The van der Waals surface area contributed by atoms with E-state index in [1.807, 2.05) is 0 Å². The molecular formula is C9H8ClF3O2S. The van der Waals surface area contributed by atoms with Crippen LogP contribution in [0.4, 0.5) is 13.2 Å². The molecule has 0 unspecified atom stereocenters. The minimum Gasteiger partial charge on any atom is -0.212 e. The maximum absolute atomic E-state index is 12.5. The largest absolute Gasteiger partial charge is 0.416 e. The van der Waals surface area contributed by atoms with Gasteiger partial charge in [0.1, 0.15) is 0 Å². The molecule has 1 rings (SSSR count). The molecule has 0 radical (unpaired) electrons. The molecule has 0 saturated heterocycles. The van der Waals surface area contributed by atoms with Crippen molar-refractivity contribution in [2.45, 2.75) is 18.9 Å². The Morgan fingerprint density at radius 1 is 1.31 bits per heavy atom. The van der Waals surface area contributed by atoms with E-state index in [-0.39, 0.29) is 11.1 Å². The van der Waals surface area contributed by atoms with Gasteiger partial charge in [0.25, 0.3) is 0 Å². The van der Waals surface area contributed by atoms with Crippen LogP contribution in [-0.2, 0) is 21.0 Å². The second-order valence-corrected chi connectivity index (χ2v) is 6.11. The summed E-state index contributed by atoms with van der Waals surface area (Å²) in [6.45, 7) is 1.31. The fraction of sp³-hybridized carbons (Fsp3) is 0.333. The summed E-state index contributed by atoms with van der Waals surface area (Å²) >= 11 is 0. The van der Waals surface area contributed by atoms with E-state index >= 15 is 0 Å². The Labute approximate surface area is 95.5 Å². The molecule has 90 valence electrons. The maximum atomic E-state index is 12.5. The molecule has 0 aromatic heterocycles. The quantitative estimate of drug-likeness (QED) is 0.776. The van der Waals surface area contributed by atoms with Crippen LogP contribution < -0.4 is 0 Å². The van der Waals surface area contributed by atoms with Crippen molar-refractivity contribution in [2.24, 2.45) is 0 Å². The van der Waals surface area contributed by atoms with Gasteiger partial charge in [0.2, 0.25) is 9.05 Å². The zero-order chi connectivity index (χ0) is 12.6. The lowest BCUT2D eigenvalue weighted by Crippen LogP contribution is -2.08. The van der Waals surface area contributed by atoms with Gasteiger partial charge in [0.15, 0.2) is 0 Å². The number of hydrogen-bond acceptors (Lipinski definition) is 2. The number of hydrogen-bond donors (Lipinski definition) is 0. The molecule has 0 fully saturated rings. The van der Waals surface area contributed by atoms with Crippen molar-refractivity contribution in [1.29, 1.82) is 0 Å². The van der Waals surface area contributed by atoms with Crippen LogP contribution in [0.1, 0.15) is 16.7 Å². The fourth-order valence-electron chi connectivity index (χ4n) is 1.26. The summed E-state index contributed by atoms with van der Waals surface area (Å²) in [6, 6.07) is 3.33. The minimum atomic E-state index is -4.49. The van der Waals surface area contributed by atoms with Gasteiger partial charge in [0, 0.05) is 10.7 Å². The fourth-order valence-corrected chi connectivity index (χ4v) is 2.22. The standard InChI is InChI=1S/C9H8ClF3O2S/c1-6-2-3-7(5-16(10,14)15)4-8(6)9(11,12)13/h2-4H,5H2,1H3. The Morgan fingerprint density at radius 3 is 2.31 bits per heavy atom. The highest BCUT2D eigenvalue weighted by Crippen LogP contribution is 2.32. The summed E-state index contributed by atoms with van der Waals surface area (Å²) in [6.07, 6.45) is -4.49. The van der Waals surface area contributed by atoms with Crippen molar-refractivity contribution in [1.82, 2.24) is 0 Å². The van der Waals surface area contributed by atoms with Gasteiger partial charge in [-0.15, -0.1) is 0 Å². The van der Waals surface area contributed by atoms with E-state index in [2.05, 4.69) is 0 Å². The Balaban J connectivity index is 3.18. The molecule has 7 heteroatoms. The van der Waals surface area contributed by atoms with Crippen LogP contribution in [-0.4, -0.2) is 8.42 Å². The van der Waals surface area contributed by atoms with Gasteiger partial charge in [-0.25, -0.2) is 8.42 Å². The maximum Gasteiger partial charge on any atom is 0.416 e. The smallest absolute Gasteiger partial charge is 0.212 e. The molecule has 0 aliphatic rings. The number of rotatable bonds is 2. The second-order valence-electron chi connectivity index (χ2n) is 3.33. The van der Waals surface area contributed by atoms with Gasteiger partial charge in [-0.3, -0.25) is 0 Å². The summed E-state index contributed by atoms with van der Waals surface area (Å²) in [4.78, 5) is 0. The van der Waals surface area contributed by atoms with E-state index in [0.717, 1.165) is 6.07 Å². The molecule has 0 amide bonds. The van der Waals surface area contributed by atoms with Gasteiger partial charge in [-0.2, -0.15) is 13.2 Å². The third-order valence-corrected chi connectivity index (χ3v) is 2.95. The van der Waals surface area contributed by atoms with Crippen LogP contribution >= 0.6 is 10.7 Å². The lowest BCUT2D eigenvalue weighted by atomic mass is 10.1. The first-order chi connectivity index (χ1) is 7.09. The Kier molecular flexibility index (Phi) is 3.54. The molecule has 0 atom stereocenters. The van der Waals surface area contributed by atoms with E-state index < -0.39 is 26.5 Å². The summed E-state index contributed by atoms with van der Waals surface area (Å²) in [5.41, 5.74) is -0.776. The Bertz CT molecular complexity index is 494. The van der Waals surface area contributed by atoms with Gasteiger partial charge < -0.3 is 0 Å². The Hall–Kier alpha value is -0.750. The van der Waals surface area contributed by atoms with Gasteiger partial charge in [-0.05, 0) is 24.1 Å². The van der Waals surface area contributed by atoms with Crippen LogP contribution in [0.15, 0.2) is 18.2 Å². The van der Waals surface area contributed by atoms with Crippen LogP contribution in [0.3, 0.4) is 0 Å². The number of halogens is 4. The lowest BCUT2D eigenvalue weighted by molar-refractivity contribution is -0.138. The molecule has 0 aliphatic carbocycles. The molecule has 2 nitrogen and oxygen atoms in total. The van der Waals surface area contributed by atoms with Crippen LogP contribution in [0.2, 0.25) is 0 Å². The van der Waals surface area contributed by atoms with Gasteiger partial charge in [0.05, 0.1) is 11.3 Å². The highest BCUT2D eigenvalue weighted by Gasteiger charge is 2.32. The lowest BCUT2D eigenvalue weighted by Gasteiger charge is -2.11. The average Bonchev–Trinajstić information content (AvgIpc) is 2.04. The normalized spacial score (nSPS) is 12.8. The molecule has 0 aliphatic heterocycles. The molecule has 0 spiro atoms. The molecule has 16 heavy (non-hydrogen) atoms. The molecular weight excluding hydrogens is 265 g/mol. The van der Waals surface area contributed by atoms with Crippen molar-refractivity contribution in [3.63, 3.8) is 0 Å². The molecule has 1 aromatic carbocycles. The number of benzene rings is 1. The predicted molar refractivity (Wildman–Crippen MR) is 54.7 cm³/mol. The third kappa shape index (κ3) is 3.68. The average molecular weight is 273 g/mol. The van der Waals surface area contributed by atoms with Gasteiger partial charge >= 0.3 is 6.18 Å². The molecule has 1 aromatic rings. The molecule has 0 heterocycles. The van der Waals surface area contributed by atoms with Crippen LogP contribution in [0.25, 0.3) is 0 Å².